The lowest BCUT2D eigenvalue weighted by Gasteiger charge is -2.13. The van der Waals surface area contributed by atoms with E-state index in [0.717, 1.165) is 17.7 Å². The van der Waals surface area contributed by atoms with E-state index in [4.69, 9.17) is 18.0 Å². The Morgan fingerprint density at radius 2 is 2.28 bits per heavy atom. The van der Waals surface area contributed by atoms with Gasteiger partial charge in [-0.15, -0.1) is 0 Å². The number of nitrogens with two attached hydrogens (primary N) is 1. The van der Waals surface area contributed by atoms with Crippen LogP contribution in [0, 0.1) is 6.92 Å². The standard InChI is InChI=1S/C12H19N3OS2/c1-8-4-5-10(11(13)17)12(15-8)14-7-6-9(2)18(3)16/h4-5,9H,6-7H2,1-3H3,(H2,13,17)(H,14,15). The van der Waals surface area contributed by atoms with Gasteiger partial charge < -0.3 is 11.1 Å². The van der Waals surface area contributed by atoms with Crippen molar-refractivity contribution in [3.8, 4) is 0 Å². The van der Waals surface area contributed by atoms with Gasteiger partial charge in [0, 0.05) is 34.5 Å². The maximum Gasteiger partial charge on any atom is 0.136 e. The highest BCUT2D eigenvalue weighted by atomic mass is 32.2. The Morgan fingerprint density at radius 3 is 2.83 bits per heavy atom. The number of hydrogen-bond donors (Lipinski definition) is 2. The van der Waals surface area contributed by atoms with Crippen molar-refractivity contribution in [1.29, 1.82) is 0 Å². The molecule has 0 spiro atoms. The van der Waals surface area contributed by atoms with Crippen molar-refractivity contribution in [3.63, 3.8) is 0 Å². The molecular formula is C12H19N3OS2. The summed E-state index contributed by atoms with van der Waals surface area (Å²) in [6.07, 6.45) is 2.53. The lowest BCUT2D eigenvalue weighted by molar-refractivity contribution is 0.672. The van der Waals surface area contributed by atoms with E-state index in [1.807, 2.05) is 26.0 Å². The van der Waals surface area contributed by atoms with E-state index in [0.29, 0.717) is 17.4 Å². The molecular weight excluding hydrogens is 266 g/mol. The average molecular weight is 285 g/mol. The molecule has 1 aromatic rings. The van der Waals surface area contributed by atoms with E-state index < -0.39 is 10.8 Å². The van der Waals surface area contributed by atoms with Crippen LogP contribution in [0.25, 0.3) is 0 Å². The number of rotatable bonds is 6. The first-order valence-electron chi connectivity index (χ1n) is 5.75. The molecule has 0 saturated heterocycles. The Bertz CT molecular complexity index is 463. The monoisotopic (exact) mass is 285 g/mol. The highest BCUT2D eigenvalue weighted by Crippen LogP contribution is 2.13. The van der Waals surface area contributed by atoms with E-state index in [9.17, 15) is 4.21 Å². The molecule has 100 valence electrons. The first-order valence-corrected chi connectivity index (χ1v) is 7.78. The van der Waals surface area contributed by atoms with E-state index >= 15 is 0 Å². The Balaban J connectivity index is 2.69. The van der Waals surface area contributed by atoms with Crippen molar-refractivity contribution in [2.24, 2.45) is 5.73 Å². The van der Waals surface area contributed by atoms with Gasteiger partial charge in [0.2, 0.25) is 0 Å². The number of nitrogens with zero attached hydrogens (tertiary/aromatic N) is 1. The van der Waals surface area contributed by atoms with Crippen LogP contribution in [0.4, 0.5) is 5.82 Å². The molecule has 6 heteroatoms. The number of hydrogen-bond acceptors (Lipinski definition) is 4. The molecule has 0 amide bonds. The van der Waals surface area contributed by atoms with Gasteiger partial charge in [0.05, 0.1) is 5.56 Å². The van der Waals surface area contributed by atoms with Crippen LogP contribution in [0.5, 0.6) is 0 Å². The second-order valence-corrected chi connectivity index (χ2v) is 6.48. The summed E-state index contributed by atoms with van der Waals surface area (Å²) in [6.45, 7) is 4.58. The normalized spacial score (nSPS) is 13.9. The third-order valence-corrected chi connectivity index (χ3v) is 4.30. The summed E-state index contributed by atoms with van der Waals surface area (Å²) in [7, 11) is -0.798. The zero-order valence-corrected chi connectivity index (χ0v) is 12.5. The third kappa shape index (κ3) is 4.34. The first kappa shape index (κ1) is 15.0. The number of thiocarbonyl (C=S) groups is 1. The van der Waals surface area contributed by atoms with Gasteiger partial charge in [-0.25, -0.2) is 4.98 Å². The Hall–Kier alpha value is -1.01. The third-order valence-electron chi connectivity index (χ3n) is 2.71. The quantitative estimate of drug-likeness (QED) is 0.777. The number of aryl methyl sites for hydroxylation is 1. The molecule has 0 bridgehead atoms. The van der Waals surface area contributed by atoms with E-state index in [1.54, 1.807) is 6.26 Å². The van der Waals surface area contributed by atoms with Crippen molar-refractivity contribution in [2.45, 2.75) is 25.5 Å². The van der Waals surface area contributed by atoms with Gasteiger partial charge in [0.25, 0.3) is 0 Å². The lowest BCUT2D eigenvalue weighted by atomic mass is 10.2. The predicted molar refractivity (Wildman–Crippen MR) is 81.5 cm³/mol. The molecule has 0 aliphatic rings. The summed E-state index contributed by atoms with van der Waals surface area (Å²) >= 11 is 4.99. The Labute approximate surface area is 116 Å². The van der Waals surface area contributed by atoms with Gasteiger partial charge in [-0.05, 0) is 25.5 Å². The van der Waals surface area contributed by atoms with Crippen LogP contribution in [0.1, 0.15) is 24.6 Å². The average Bonchev–Trinajstić information content (AvgIpc) is 2.28. The lowest BCUT2D eigenvalue weighted by Crippen LogP contribution is -2.18. The minimum absolute atomic E-state index is 0.163. The van der Waals surface area contributed by atoms with Gasteiger partial charge in [0.1, 0.15) is 10.8 Å². The molecule has 1 heterocycles. The van der Waals surface area contributed by atoms with Gasteiger partial charge in [-0.2, -0.15) is 0 Å². The van der Waals surface area contributed by atoms with E-state index in [-0.39, 0.29) is 5.25 Å². The van der Waals surface area contributed by atoms with Crippen LogP contribution >= 0.6 is 12.2 Å². The molecule has 0 aliphatic heterocycles. The fourth-order valence-corrected chi connectivity index (χ4v) is 2.06. The van der Waals surface area contributed by atoms with Crippen LogP contribution in [0.15, 0.2) is 12.1 Å². The van der Waals surface area contributed by atoms with Crippen molar-refractivity contribution in [1.82, 2.24) is 4.98 Å². The Kier molecular flexibility index (Phi) is 5.68. The molecule has 1 rings (SSSR count). The summed E-state index contributed by atoms with van der Waals surface area (Å²) in [5.41, 5.74) is 7.31. The van der Waals surface area contributed by atoms with Crippen LogP contribution in [0.2, 0.25) is 0 Å². The molecule has 0 saturated carbocycles. The molecule has 0 fully saturated rings. The summed E-state index contributed by atoms with van der Waals surface area (Å²) in [5.74, 6) is 0.705. The smallest absolute Gasteiger partial charge is 0.136 e. The van der Waals surface area contributed by atoms with Gasteiger partial charge in [-0.1, -0.05) is 19.1 Å². The van der Waals surface area contributed by atoms with Gasteiger partial charge >= 0.3 is 0 Å². The number of nitrogens with one attached hydrogen (secondary N) is 1. The van der Waals surface area contributed by atoms with Crippen LogP contribution in [0.3, 0.4) is 0 Å². The molecule has 0 aromatic carbocycles. The number of aromatic nitrogens is 1. The SMILES string of the molecule is Cc1ccc(C(N)=S)c(NCCC(C)S(C)=O)n1. The van der Waals surface area contributed by atoms with E-state index in [2.05, 4.69) is 10.3 Å². The minimum Gasteiger partial charge on any atom is -0.389 e. The second-order valence-electron chi connectivity index (χ2n) is 4.24. The summed E-state index contributed by atoms with van der Waals surface area (Å²) < 4.78 is 11.2. The van der Waals surface area contributed by atoms with Crippen molar-refractivity contribution >= 4 is 33.8 Å². The highest BCUT2D eigenvalue weighted by Gasteiger charge is 2.09. The zero-order chi connectivity index (χ0) is 13.7. The molecule has 0 aliphatic carbocycles. The summed E-state index contributed by atoms with van der Waals surface area (Å²) in [4.78, 5) is 4.71. The second kappa shape index (κ2) is 6.80. The van der Waals surface area contributed by atoms with Crippen LogP contribution < -0.4 is 11.1 Å². The number of anilines is 1. The topological polar surface area (TPSA) is 68.0 Å². The molecule has 3 N–H and O–H groups in total. The minimum atomic E-state index is -0.798. The maximum absolute atomic E-state index is 11.2. The molecule has 2 atom stereocenters. The van der Waals surface area contributed by atoms with Crippen LogP contribution in [-0.4, -0.2) is 32.2 Å². The summed E-state index contributed by atoms with van der Waals surface area (Å²) in [6, 6.07) is 3.75. The van der Waals surface area contributed by atoms with E-state index in [1.165, 1.54) is 0 Å². The maximum atomic E-state index is 11.2. The number of pyridine rings is 1. The molecule has 18 heavy (non-hydrogen) atoms. The molecule has 1 aromatic heterocycles. The van der Waals surface area contributed by atoms with Gasteiger partial charge in [-0.3, -0.25) is 4.21 Å². The zero-order valence-electron chi connectivity index (χ0n) is 10.9. The molecule has 4 nitrogen and oxygen atoms in total. The summed E-state index contributed by atoms with van der Waals surface area (Å²) in [5, 5.41) is 3.37. The van der Waals surface area contributed by atoms with Crippen molar-refractivity contribution in [3.05, 3.63) is 23.4 Å². The molecule has 2 unspecified atom stereocenters. The molecule has 0 radical (unpaired) electrons. The predicted octanol–water partition coefficient (Wildman–Crippen LogP) is 1.59. The highest BCUT2D eigenvalue weighted by molar-refractivity contribution is 7.84. The fraction of sp³-hybridized carbons (Fsp3) is 0.500. The largest absolute Gasteiger partial charge is 0.389 e. The fourth-order valence-electron chi connectivity index (χ4n) is 1.45. The first-order chi connectivity index (χ1) is 8.41. The van der Waals surface area contributed by atoms with Crippen LogP contribution in [-0.2, 0) is 10.8 Å². The van der Waals surface area contributed by atoms with Gasteiger partial charge in [0.15, 0.2) is 0 Å². The van der Waals surface area contributed by atoms with Crippen molar-refractivity contribution < 1.29 is 4.21 Å². The Morgan fingerprint density at radius 1 is 1.61 bits per heavy atom. The van der Waals surface area contributed by atoms with Crippen molar-refractivity contribution in [2.75, 3.05) is 18.1 Å².